The van der Waals surface area contributed by atoms with Crippen LogP contribution in [0, 0.1) is 13.8 Å². The monoisotopic (exact) mass is 238 g/mol. The Labute approximate surface area is 97.8 Å². The van der Waals surface area contributed by atoms with E-state index in [1.54, 1.807) is 6.20 Å². The molecule has 0 aliphatic heterocycles. The molecule has 0 fully saturated rings. The molecule has 2 rings (SSSR count). The van der Waals surface area contributed by atoms with Crippen LogP contribution in [-0.4, -0.2) is 27.2 Å². The van der Waals surface area contributed by atoms with Crippen LogP contribution in [0.1, 0.15) is 11.5 Å². The first-order valence-electron chi connectivity index (χ1n) is 4.52. The second-order valence-corrected chi connectivity index (χ2v) is 4.06. The van der Waals surface area contributed by atoms with Gasteiger partial charge in [-0.1, -0.05) is 11.3 Å². The molecule has 0 saturated carbocycles. The first-order valence-corrected chi connectivity index (χ1v) is 5.34. The summed E-state index contributed by atoms with van der Waals surface area (Å²) in [6.07, 6.45) is 1.79. The van der Waals surface area contributed by atoms with Gasteiger partial charge in [0.2, 0.25) is 5.13 Å². The lowest BCUT2D eigenvalue weighted by molar-refractivity contribution is 1.01. The average molecular weight is 238 g/mol. The van der Waals surface area contributed by atoms with E-state index in [0.717, 1.165) is 27.2 Å². The summed E-state index contributed by atoms with van der Waals surface area (Å²) in [6, 6.07) is 0. The predicted molar refractivity (Wildman–Crippen MR) is 65.0 cm³/mol. The summed E-state index contributed by atoms with van der Waals surface area (Å²) in [5.74, 6) is 0.773. The molecule has 0 aliphatic carbocycles. The van der Waals surface area contributed by atoms with Gasteiger partial charge >= 0.3 is 0 Å². The van der Waals surface area contributed by atoms with Crippen LogP contribution >= 0.6 is 11.3 Å². The van der Waals surface area contributed by atoms with Gasteiger partial charge in [-0.25, -0.2) is 9.97 Å². The Kier molecular flexibility index (Phi) is 3.86. The lowest BCUT2D eigenvalue weighted by Crippen LogP contribution is -1.93. The Morgan fingerprint density at radius 2 is 2.00 bits per heavy atom. The summed E-state index contributed by atoms with van der Waals surface area (Å²) in [6.45, 7) is 3.82. The topological polar surface area (TPSA) is 98.6 Å². The molecule has 4 N–H and O–H groups in total. The molecule has 2 aromatic rings. The third kappa shape index (κ3) is 2.31. The average Bonchev–Trinajstić information content (AvgIpc) is 2.66. The van der Waals surface area contributed by atoms with Gasteiger partial charge in [0.25, 0.3) is 0 Å². The van der Waals surface area contributed by atoms with E-state index in [1.165, 1.54) is 11.3 Å². The molecule has 0 saturated heterocycles. The summed E-state index contributed by atoms with van der Waals surface area (Å²) in [4.78, 5) is 8.45. The second kappa shape index (κ2) is 4.95. The third-order valence-corrected chi connectivity index (χ3v) is 2.94. The molecule has 6 nitrogen and oxygen atoms in total. The zero-order valence-electron chi connectivity index (χ0n) is 9.48. The maximum atomic E-state index is 4.29. The molecule has 2 aromatic heterocycles. The molecule has 0 atom stereocenters. The molecule has 0 aliphatic rings. The number of aryl methyl sites for hydroxylation is 2. The fraction of sp³-hybridized carbons (Fsp3) is 0.333. The standard InChI is InChI=1S/C9H11N5S.H3N/c1-5-7(4-11-6(2)12-5)8-13-14-9(10-3)15-8;/h4H,1-3H3,(H,10,14);1H3. The fourth-order valence-corrected chi connectivity index (χ4v) is 1.99. The molecular weight excluding hydrogens is 224 g/mol. The number of nitrogens with zero attached hydrogens (tertiary/aromatic N) is 4. The smallest absolute Gasteiger partial charge is 0.205 e. The van der Waals surface area contributed by atoms with Gasteiger partial charge in [0.05, 0.1) is 11.3 Å². The largest absolute Gasteiger partial charge is 0.363 e. The van der Waals surface area contributed by atoms with Gasteiger partial charge in [-0.2, -0.15) is 0 Å². The van der Waals surface area contributed by atoms with E-state index in [0.29, 0.717) is 0 Å². The van der Waals surface area contributed by atoms with Gasteiger partial charge < -0.3 is 11.5 Å². The van der Waals surface area contributed by atoms with Crippen molar-refractivity contribution in [3.63, 3.8) is 0 Å². The summed E-state index contributed by atoms with van der Waals surface area (Å²) >= 11 is 1.49. The van der Waals surface area contributed by atoms with Crippen molar-refractivity contribution in [1.82, 2.24) is 26.3 Å². The maximum Gasteiger partial charge on any atom is 0.205 e. The number of hydrogen-bond donors (Lipinski definition) is 2. The van der Waals surface area contributed by atoms with Crippen molar-refractivity contribution in [2.45, 2.75) is 13.8 Å². The van der Waals surface area contributed by atoms with E-state index in [1.807, 2.05) is 20.9 Å². The first kappa shape index (κ1) is 12.5. The highest BCUT2D eigenvalue weighted by Crippen LogP contribution is 2.26. The van der Waals surface area contributed by atoms with Crippen LogP contribution in [0.3, 0.4) is 0 Å². The van der Waals surface area contributed by atoms with Gasteiger partial charge in [-0.15, -0.1) is 10.2 Å². The van der Waals surface area contributed by atoms with Crippen LogP contribution in [0.2, 0.25) is 0 Å². The van der Waals surface area contributed by atoms with Crippen LogP contribution in [0.4, 0.5) is 5.13 Å². The molecule has 16 heavy (non-hydrogen) atoms. The summed E-state index contributed by atoms with van der Waals surface area (Å²) in [5, 5.41) is 12.6. The van der Waals surface area contributed by atoms with E-state index in [2.05, 4.69) is 25.5 Å². The second-order valence-electron chi connectivity index (χ2n) is 3.08. The zero-order chi connectivity index (χ0) is 10.8. The normalized spacial score (nSPS) is 9.69. The minimum Gasteiger partial charge on any atom is -0.363 e. The fourth-order valence-electron chi connectivity index (χ4n) is 1.23. The number of hydrogen-bond acceptors (Lipinski definition) is 7. The molecule has 0 unspecified atom stereocenters. The van der Waals surface area contributed by atoms with Gasteiger partial charge in [0, 0.05) is 13.2 Å². The van der Waals surface area contributed by atoms with E-state index in [4.69, 9.17) is 0 Å². The van der Waals surface area contributed by atoms with Crippen LogP contribution in [-0.2, 0) is 0 Å². The molecule has 0 aromatic carbocycles. The molecular formula is C9H14N6S. The number of rotatable bonds is 2. The Morgan fingerprint density at radius 3 is 2.56 bits per heavy atom. The molecule has 2 heterocycles. The Hall–Kier alpha value is -1.60. The maximum absolute atomic E-state index is 4.29. The predicted octanol–water partition coefficient (Wildman–Crippen LogP) is 1.82. The van der Waals surface area contributed by atoms with Gasteiger partial charge in [-0.05, 0) is 13.8 Å². The van der Waals surface area contributed by atoms with Gasteiger partial charge in [0.15, 0.2) is 5.01 Å². The minimum absolute atomic E-state index is 0. The highest BCUT2D eigenvalue weighted by Gasteiger charge is 2.09. The summed E-state index contributed by atoms with van der Waals surface area (Å²) < 4.78 is 0. The third-order valence-electron chi connectivity index (χ3n) is 1.97. The summed E-state index contributed by atoms with van der Waals surface area (Å²) in [5.41, 5.74) is 1.88. The SMILES string of the molecule is CNc1nnc(-c2cnc(C)nc2C)s1.N. The molecule has 7 heteroatoms. The number of aromatic nitrogens is 4. The number of nitrogens with one attached hydrogen (secondary N) is 1. The van der Waals surface area contributed by atoms with Crippen molar-refractivity contribution >= 4 is 16.5 Å². The Bertz CT molecular complexity index is 481. The van der Waals surface area contributed by atoms with Crippen LogP contribution in [0.25, 0.3) is 10.6 Å². The van der Waals surface area contributed by atoms with E-state index in [-0.39, 0.29) is 6.15 Å². The van der Waals surface area contributed by atoms with E-state index in [9.17, 15) is 0 Å². The first-order chi connectivity index (χ1) is 7.20. The Balaban J connectivity index is 0.00000128. The van der Waals surface area contributed by atoms with Crippen molar-refractivity contribution in [2.75, 3.05) is 12.4 Å². The van der Waals surface area contributed by atoms with Crippen molar-refractivity contribution in [3.8, 4) is 10.6 Å². The van der Waals surface area contributed by atoms with Gasteiger partial charge in [-0.3, -0.25) is 0 Å². The van der Waals surface area contributed by atoms with Gasteiger partial charge in [0.1, 0.15) is 5.82 Å². The molecule has 86 valence electrons. The van der Waals surface area contributed by atoms with Crippen LogP contribution in [0.15, 0.2) is 6.20 Å². The molecule has 0 amide bonds. The summed E-state index contributed by atoms with van der Waals surface area (Å²) in [7, 11) is 1.82. The highest BCUT2D eigenvalue weighted by atomic mass is 32.1. The van der Waals surface area contributed by atoms with Crippen molar-refractivity contribution in [3.05, 3.63) is 17.7 Å². The van der Waals surface area contributed by atoms with Crippen LogP contribution in [0.5, 0.6) is 0 Å². The molecule has 0 radical (unpaired) electrons. The molecule has 0 spiro atoms. The van der Waals surface area contributed by atoms with Crippen molar-refractivity contribution < 1.29 is 0 Å². The van der Waals surface area contributed by atoms with Crippen molar-refractivity contribution in [1.29, 1.82) is 0 Å². The lowest BCUT2D eigenvalue weighted by Gasteiger charge is -2.00. The quantitative estimate of drug-likeness (QED) is 0.828. The Morgan fingerprint density at radius 1 is 1.25 bits per heavy atom. The van der Waals surface area contributed by atoms with E-state index < -0.39 is 0 Å². The lowest BCUT2D eigenvalue weighted by atomic mass is 10.2. The number of anilines is 1. The zero-order valence-corrected chi connectivity index (χ0v) is 10.3. The van der Waals surface area contributed by atoms with Crippen LogP contribution < -0.4 is 11.5 Å². The van der Waals surface area contributed by atoms with E-state index >= 15 is 0 Å². The van der Waals surface area contributed by atoms with Crippen molar-refractivity contribution in [2.24, 2.45) is 0 Å². The molecule has 0 bridgehead atoms. The highest BCUT2D eigenvalue weighted by molar-refractivity contribution is 7.18. The minimum atomic E-state index is 0.